The molecule has 0 aromatic heterocycles. The number of hydrogen-bond donors (Lipinski definition) is 0. The number of carbonyl (C=O) groups is 2. The minimum Gasteiger partial charge on any atom is -0.466 e. The molecule has 0 spiro atoms. The van der Waals surface area contributed by atoms with Crippen LogP contribution >= 0.6 is 0 Å². The van der Waals surface area contributed by atoms with E-state index in [1.165, 1.54) is 0 Å². The Morgan fingerprint density at radius 3 is 1.50 bits per heavy atom. The highest BCUT2D eigenvalue weighted by Crippen LogP contribution is 2.22. The van der Waals surface area contributed by atoms with Gasteiger partial charge in [0, 0.05) is 12.8 Å². The van der Waals surface area contributed by atoms with Gasteiger partial charge in [-0.25, -0.2) is 0 Å². The summed E-state index contributed by atoms with van der Waals surface area (Å²) in [7, 11) is 0. The van der Waals surface area contributed by atoms with Crippen LogP contribution in [-0.4, -0.2) is 25.2 Å². The molecule has 2 unspecified atom stereocenters. The molecule has 0 bridgehead atoms. The van der Waals surface area contributed by atoms with Gasteiger partial charge < -0.3 is 9.47 Å². The fourth-order valence-electron chi connectivity index (χ4n) is 1.53. The molecule has 0 radical (unpaired) electrons. The molecular formula is C14H18O4. The van der Waals surface area contributed by atoms with E-state index in [9.17, 15) is 9.59 Å². The number of rotatable bonds is 7. The predicted octanol–water partition coefficient (Wildman–Crippen LogP) is 1.39. The number of terminal acetylenes is 2. The van der Waals surface area contributed by atoms with Crippen molar-refractivity contribution < 1.29 is 19.1 Å². The van der Waals surface area contributed by atoms with E-state index in [2.05, 4.69) is 11.8 Å². The SMILES string of the molecule is C#CCC(C(=O)OCC)C(CC#C)C(=O)OCC. The van der Waals surface area contributed by atoms with Crippen LogP contribution in [0.5, 0.6) is 0 Å². The summed E-state index contributed by atoms with van der Waals surface area (Å²) in [5.41, 5.74) is 0. The second kappa shape index (κ2) is 9.13. The summed E-state index contributed by atoms with van der Waals surface area (Å²) in [5.74, 6) is 2.22. The summed E-state index contributed by atoms with van der Waals surface area (Å²) < 4.78 is 9.80. The van der Waals surface area contributed by atoms with E-state index in [-0.39, 0.29) is 26.1 Å². The highest BCUT2D eigenvalue weighted by atomic mass is 16.5. The molecule has 0 aliphatic heterocycles. The summed E-state index contributed by atoms with van der Waals surface area (Å²) in [4.78, 5) is 23.5. The molecule has 0 amide bonds. The zero-order chi connectivity index (χ0) is 14.0. The maximum Gasteiger partial charge on any atom is 0.310 e. The highest BCUT2D eigenvalue weighted by molar-refractivity contribution is 5.82. The van der Waals surface area contributed by atoms with Gasteiger partial charge in [-0.3, -0.25) is 9.59 Å². The second-order valence-electron chi connectivity index (χ2n) is 3.53. The van der Waals surface area contributed by atoms with Gasteiger partial charge in [0.1, 0.15) is 0 Å². The zero-order valence-corrected chi connectivity index (χ0v) is 10.8. The van der Waals surface area contributed by atoms with Crippen LogP contribution in [0.4, 0.5) is 0 Å². The van der Waals surface area contributed by atoms with Crippen LogP contribution in [0.1, 0.15) is 26.7 Å². The molecule has 0 N–H and O–H groups in total. The second-order valence-corrected chi connectivity index (χ2v) is 3.53. The summed E-state index contributed by atoms with van der Waals surface area (Å²) >= 11 is 0. The molecule has 98 valence electrons. The van der Waals surface area contributed by atoms with E-state index in [0.29, 0.717) is 0 Å². The van der Waals surface area contributed by atoms with Crippen molar-refractivity contribution in [1.82, 2.24) is 0 Å². The third-order valence-corrected chi connectivity index (χ3v) is 2.34. The first-order valence-corrected chi connectivity index (χ1v) is 5.82. The molecular weight excluding hydrogens is 232 g/mol. The molecule has 0 rings (SSSR count). The topological polar surface area (TPSA) is 52.6 Å². The van der Waals surface area contributed by atoms with Gasteiger partial charge in [-0.2, -0.15) is 0 Å². The van der Waals surface area contributed by atoms with Crippen molar-refractivity contribution in [2.24, 2.45) is 11.8 Å². The van der Waals surface area contributed by atoms with Crippen LogP contribution in [0.25, 0.3) is 0 Å². The maximum absolute atomic E-state index is 11.8. The van der Waals surface area contributed by atoms with Crippen molar-refractivity contribution in [2.45, 2.75) is 26.7 Å². The molecule has 4 heteroatoms. The van der Waals surface area contributed by atoms with Crippen molar-refractivity contribution in [3.63, 3.8) is 0 Å². The standard InChI is InChI=1S/C14H18O4/c1-5-9-11(13(15)17-7-3)12(10-6-2)14(16)18-8-4/h1-2,11-12H,7-10H2,3-4H3. The van der Waals surface area contributed by atoms with E-state index < -0.39 is 23.8 Å². The molecule has 0 fully saturated rings. The van der Waals surface area contributed by atoms with E-state index in [4.69, 9.17) is 22.3 Å². The van der Waals surface area contributed by atoms with Crippen molar-refractivity contribution in [1.29, 1.82) is 0 Å². The summed E-state index contributed by atoms with van der Waals surface area (Å²) in [6.45, 7) is 3.83. The Labute approximate surface area is 108 Å². The van der Waals surface area contributed by atoms with Gasteiger partial charge in [-0.05, 0) is 13.8 Å². The van der Waals surface area contributed by atoms with Crippen LogP contribution < -0.4 is 0 Å². The first kappa shape index (κ1) is 16.1. The zero-order valence-electron chi connectivity index (χ0n) is 10.8. The molecule has 0 saturated heterocycles. The Kier molecular flexibility index (Phi) is 8.14. The average molecular weight is 250 g/mol. The lowest BCUT2D eigenvalue weighted by atomic mass is 9.87. The Bertz CT molecular complexity index is 323. The molecule has 18 heavy (non-hydrogen) atoms. The largest absolute Gasteiger partial charge is 0.466 e. The first-order valence-electron chi connectivity index (χ1n) is 5.82. The maximum atomic E-state index is 11.8. The van der Waals surface area contributed by atoms with E-state index in [1.807, 2.05) is 0 Å². The highest BCUT2D eigenvalue weighted by Gasteiger charge is 2.34. The number of esters is 2. The molecule has 0 saturated carbocycles. The fourth-order valence-corrected chi connectivity index (χ4v) is 1.53. The Balaban J connectivity index is 4.99. The molecule has 0 aliphatic rings. The monoisotopic (exact) mass is 250 g/mol. The van der Waals surface area contributed by atoms with Gasteiger partial charge in [0.25, 0.3) is 0 Å². The van der Waals surface area contributed by atoms with Crippen molar-refractivity contribution in [3.8, 4) is 24.7 Å². The molecule has 0 heterocycles. The Hall–Kier alpha value is -1.94. The quantitative estimate of drug-likeness (QED) is 0.506. The predicted molar refractivity (Wildman–Crippen MR) is 67.1 cm³/mol. The molecule has 0 aromatic carbocycles. The van der Waals surface area contributed by atoms with Crippen molar-refractivity contribution in [3.05, 3.63) is 0 Å². The van der Waals surface area contributed by atoms with E-state index >= 15 is 0 Å². The summed E-state index contributed by atoms with van der Waals surface area (Å²) in [5, 5.41) is 0. The smallest absolute Gasteiger partial charge is 0.310 e. The third kappa shape index (κ3) is 4.93. The normalized spacial score (nSPS) is 12.7. The average Bonchev–Trinajstić information content (AvgIpc) is 2.34. The lowest BCUT2D eigenvalue weighted by Crippen LogP contribution is -2.32. The van der Waals surface area contributed by atoms with Gasteiger partial charge in [-0.1, -0.05) is 0 Å². The minimum absolute atomic E-state index is 0.101. The Morgan fingerprint density at radius 2 is 1.28 bits per heavy atom. The van der Waals surface area contributed by atoms with E-state index in [1.54, 1.807) is 13.8 Å². The van der Waals surface area contributed by atoms with Gasteiger partial charge in [0.15, 0.2) is 0 Å². The number of carbonyl (C=O) groups excluding carboxylic acids is 2. The number of ether oxygens (including phenoxy) is 2. The fraction of sp³-hybridized carbons (Fsp3) is 0.571. The lowest BCUT2D eigenvalue weighted by molar-refractivity contribution is -0.160. The van der Waals surface area contributed by atoms with Gasteiger partial charge >= 0.3 is 11.9 Å². The minimum atomic E-state index is -0.745. The first-order chi connectivity index (χ1) is 8.62. The summed E-state index contributed by atoms with van der Waals surface area (Å²) in [6, 6.07) is 0. The van der Waals surface area contributed by atoms with Gasteiger partial charge in [0.2, 0.25) is 0 Å². The lowest BCUT2D eigenvalue weighted by Gasteiger charge is -2.20. The van der Waals surface area contributed by atoms with Gasteiger partial charge in [-0.15, -0.1) is 24.7 Å². The molecule has 0 aliphatic carbocycles. The van der Waals surface area contributed by atoms with Crippen LogP contribution in [0.3, 0.4) is 0 Å². The van der Waals surface area contributed by atoms with Crippen molar-refractivity contribution >= 4 is 11.9 Å². The Morgan fingerprint density at radius 1 is 0.944 bits per heavy atom. The third-order valence-electron chi connectivity index (χ3n) is 2.34. The van der Waals surface area contributed by atoms with Crippen LogP contribution in [0, 0.1) is 36.5 Å². The van der Waals surface area contributed by atoms with Crippen LogP contribution in [0.2, 0.25) is 0 Å². The van der Waals surface area contributed by atoms with Crippen molar-refractivity contribution in [2.75, 3.05) is 13.2 Å². The van der Waals surface area contributed by atoms with Crippen LogP contribution in [-0.2, 0) is 19.1 Å². The molecule has 2 atom stereocenters. The van der Waals surface area contributed by atoms with Crippen LogP contribution in [0.15, 0.2) is 0 Å². The molecule has 0 aromatic rings. The van der Waals surface area contributed by atoms with Gasteiger partial charge in [0.05, 0.1) is 25.0 Å². The molecule has 4 nitrogen and oxygen atoms in total. The number of hydrogen-bond acceptors (Lipinski definition) is 4. The van der Waals surface area contributed by atoms with E-state index in [0.717, 1.165) is 0 Å². The summed E-state index contributed by atoms with van der Waals surface area (Å²) in [6.07, 6.45) is 10.6.